The van der Waals surface area contributed by atoms with Crippen molar-refractivity contribution in [2.45, 2.75) is 75.8 Å². The van der Waals surface area contributed by atoms with E-state index in [1.165, 1.54) is 62.7 Å². The highest BCUT2D eigenvalue weighted by Crippen LogP contribution is 2.46. The molecule has 0 radical (unpaired) electrons. The molecule has 2 saturated carbocycles. The number of thiazole rings is 1. The van der Waals surface area contributed by atoms with Crippen LogP contribution in [0.15, 0.2) is 24.3 Å². The quantitative estimate of drug-likeness (QED) is 0.274. The Morgan fingerprint density at radius 2 is 1.51 bits per heavy atom. The van der Waals surface area contributed by atoms with E-state index in [1.807, 2.05) is 11.3 Å². The van der Waals surface area contributed by atoms with Gasteiger partial charge in [0.15, 0.2) is 5.13 Å². The van der Waals surface area contributed by atoms with Crippen LogP contribution in [-0.4, -0.2) is 70.7 Å². The van der Waals surface area contributed by atoms with E-state index in [9.17, 15) is 0 Å². The van der Waals surface area contributed by atoms with Gasteiger partial charge in [-0.2, -0.15) is 0 Å². The zero-order valence-electron chi connectivity index (χ0n) is 23.9. The summed E-state index contributed by atoms with van der Waals surface area (Å²) >= 11 is 1.87. The van der Waals surface area contributed by atoms with Crippen LogP contribution in [0.4, 0.5) is 5.13 Å². The fourth-order valence-corrected chi connectivity index (χ4v) is 7.73. The lowest BCUT2D eigenvalue weighted by Crippen LogP contribution is -2.36. The zero-order chi connectivity index (χ0) is 26.9. The molecule has 1 atom stereocenters. The molecule has 8 heteroatoms. The predicted molar refractivity (Wildman–Crippen MR) is 160 cm³/mol. The van der Waals surface area contributed by atoms with Gasteiger partial charge in [0.2, 0.25) is 0 Å². The molecule has 5 rings (SSSR count). The first-order valence-electron chi connectivity index (χ1n) is 15.1. The highest BCUT2D eigenvalue weighted by atomic mass is 32.1. The summed E-state index contributed by atoms with van der Waals surface area (Å²) < 4.78 is 16.8. The van der Waals surface area contributed by atoms with Crippen molar-refractivity contribution in [2.75, 3.05) is 59.0 Å². The SMILES string of the molecule is COCCNC1CCC(CNc2nc3c(s2)C(CC2CCC(NCCOC)CC2)COc2ccccc2-3)CC1. The van der Waals surface area contributed by atoms with Crippen molar-refractivity contribution in [1.29, 1.82) is 0 Å². The Morgan fingerprint density at radius 3 is 2.18 bits per heavy atom. The summed E-state index contributed by atoms with van der Waals surface area (Å²) in [6.45, 7) is 5.25. The summed E-state index contributed by atoms with van der Waals surface area (Å²) in [6, 6.07) is 9.73. The van der Waals surface area contributed by atoms with Gasteiger partial charge in [-0.25, -0.2) is 4.98 Å². The third kappa shape index (κ3) is 7.94. The predicted octanol–water partition coefficient (Wildman–Crippen LogP) is 5.68. The summed E-state index contributed by atoms with van der Waals surface area (Å²) in [6.07, 6.45) is 11.3. The number of hydrogen-bond donors (Lipinski definition) is 3. The first kappa shape index (κ1) is 28.8. The number of rotatable bonds is 13. The molecule has 0 amide bonds. The number of ether oxygens (including phenoxy) is 3. The highest BCUT2D eigenvalue weighted by Gasteiger charge is 2.31. The van der Waals surface area contributed by atoms with E-state index in [0.717, 1.165) is 67.5 Å². The number of benzene rings is 1. The van der Waals surface area contributed by atoms with Gasteiger partial charge in [-0.3, -0.25) is 0 Å². The van der Waals surface area contributed by atoms with Crippen molar-refractivity contribution in [3.8, 4) is 17.0 Å². The number of para-hydroxylation sites is 1. The van der Waals surface area contributed by atoms with Crippen LogP contribution in [0.2, 0.25) is 0 Å². The molecule has 1 aromatic carbocycles. The normalized spacial score (nSPS) is 26.8. The molecule has 216 valence electrons. The summed E-state index contributed by atoms with van der Waals surface area (Å²) in [7, 11) is 3.54. The Labute approximate surface area is 238 Å². The number of fused-ring (bicyclic) bond motifs is 3. The van der Waals surface area contributed by atoms with Gasteiger partial charge in [-0.15, -0.1) is 11.3 Å². The minimum Gasteiger partial charge on any atom is -0.492 e. The van der Waals surface area contributed by atoms with E-state index in [2.05, 4.69) is 40.2 Å². The maximum absolute atomic E-state index is 6.38. The van der Waals surface area contributed by atoms with Crippen molar-refractivity contribution in [1.82, 2.24) is 15.6 Å². The first-order valence-corrected chi connectivity index (χ1v) is 16.0. The molecule has 3 aliphatic rings. The third-order valence-electron chi connectivity index (χ3n) is 8.94. The summed E-state index contributed by atoms with van der Waals surface area (Å²) in [4.78, 5) is 6.59. The zero-order valence-corrected chi connectivity index (χ0v) is 24.7. The molecular weight excluding hydrogens is 508 g/mol. The second-order valence-electron chi connectivity index (χ2n) is 11.7. The van der Waals surface area contributed by atoms with Crippen molar-refractivity contribution < 1.29 is 14.2 Å². The first-order chi connectivity index (χ1) is 19.2. The molecule has 3 N–H and O–H groups in total. The third-order valence-corrected chi connectivity index (χ3v) is 10.1. The van der Waals surface area contributed by atoms with Crippen LogP contribution in [0.3, 0.4) is 0 Å². The Kier molecular flexibility index (Phi) is 10.9. The van der Waals surface area contributed by atoms with Crippen molar-refractivity contribution in [3.63, 3.8) is 0 Å². The van der Waals surface area contributed by atoms with Crippen LogP contribution in [0.5, 0.6) is 5.75 Å². The number of aromatic nitrogens is 1. The van der Waals surface area contributed by atoms with Crippen LogP contribution in [0.1, 0.15) is 68.6 Å². The second-order valence-corrected chi connectivity index (χ2v) is 12.7. The van der Waals surface area contributed by atoms with Gasteiger partial charge in [0.25, 0.3) is 0 Å². The lowest BCUT2D eigenvalue weighted by Gasteiger charge is -2.31. The minimum absolute atomic E-state index is 0.400. The van der Waals surface area contributed by atoms with Crippen LogP contribution >= 0.6 is 11.3 Å². The van der Waals surface area contributed by atoms with Crippen molar-refractivity contribution in [3.05, 3.63) is 29.1 Å². The van der Waals surface area contributed by atoms with Gasteiger partial charge in [0, 0.05) is 62.3 Å². The number of methoxy groups -OCH3 is 2. The largest absolute Gasteiger partial charge is 0.492 e. The van der Waals surface area contributed by atoms with E-state index in [4.69, 9.17) is 19.2 Å². The summed E-state index contributed by atoms with van der Waals surface area (Å²) in [5.41, 5.74) is 2.29. The van der Waals surface area contributed by atoms with Crippen LogP contribution in [0.25, 0.3) is 11.3 Å². The average molecular weight is 557 g/mol. The monoisotopic (exact) mass is 556 g/mol. The Morgan fingerprint density at radius 1 is 0.872 bits per heavy atom. The second kappa shape index (κ2) is 14.8. The molecule has 7 nitrogen and oxygen atoms in total. The van der Waals surface area contributed by atoms with E-state index in [0.29, 0.717) is 23.9 Å². The smallest absolute Gasteiger partial charge is 0.183 e. The van der Waals surface area contributed by atoms with E-state index in [-0.39, 0.29) is 0 Å². The average Bonchev–Trinajstić information content (AvgIpc) is 3.34. The van der Waals surface area contributed by atoms with Crippen molar-refractivity contribution in [2.24, 2.45) is 11.8 Å². The maximum Gasteiger partial charge on any atom is 0.183 e. The van der Waals surface area contributed by atoms with Crippen LogP contribution < -0.4 is 20.7 Å². The summed E-state index contributed by atoms with van der Waals surface area (Å²) in [5.74, 6) is 2.84. The number of anilines is 1. The molecule has 2 fully saturated rings. The Bertz CT molecular complexity index is 1000. The van der Waals surface area contributed by atoms with Crippen LogP contribution in [-0.2, 0) is 9.47 Å². The fraction of sp³-hybridized carbons (Fsp3) is 0.710. The molecule has 2 aliphatic carbocycles. The molecule has 2 aromatic rings. The minimum atomic E-state index is 0.400. The van der Waals surface area contributed by atoms with Crippen molar-refractivity contribution >= 4 is 16.5 Å². The number of nitrogens with zero attached hydrogens (tertiary/aromatic N) is 1. The topological polar surface area (TPSA) is 76.7 Å². The fourth-order valence-electron chi connectivity index (χ4n) is 6.64. The molecule has 1 aliphatic heterocycles. The standard InChI is InChI=1S/C31H48N4O3S/c1-36-17-15-32-25-11-7-22(8-12-25)19-24-21-38-28-6-4-3-5-27(28)29-30(24)39-31(35-29)34-20-23-9-13-26(14-10-23)33-16-18-37-2/h3-6,22-26,32-33H,7-21H2,1-2H3,(H,34,35). The Balaban J connectivity index is 1.19. The molecule has 1 aromatic heterocycles. The highest BCUT2D eigenvalue weighted by molar-refractivity contribution is 7.16. The lowest BCUT2D eigenvalue weighted by molar-refractivity contribution is 0.185. The van der Waals surface area contributed by atoms with E-state index in [1.54, 1.807) is 14.2 Å². The molecule has 0 bridgehead atoms. The van der Waals surface area contributed by atoms with E-state index >= 15 is 0 Å². The molecular formula is C31H48N4O3S. The number of hydrogen-bond acceptors (Lipinski definition) is 8. The van der Waals surface area contributed by atoms with Gasteiger partial charge in [0.05, 0.1) is 25.5 Å². The molecule has 1 unspecified atom stereocenters. The molecule has 39 heavy (non-hydrogen) atoms. The van der Waals surface area contributed by atoms with Gasteiger partial charge in [-0.05, 0) is 81.8 Å². The molecule has 2 heterocycles. The van der Waals surface area contributed by atoms with Crippen LogP contribution in [0, 0.1) is 11.8 Å². The molecule has 0 saturated heterocycles. The van der Waals surface area contributed by atoms with E-state index < -0.39 is 0 Å². The van der Waals surface area contributed by atoms with Gasteiger partial charge >= 0.3 is 0 Å². The van der Waals surface area contributed by atoms with Gasteiger partial charge < -0.3 is 30.2 Å². The maximum atomic E-state index is 6.38. The summed E-state index contributed by atoms with van der Waals surface area (Å²) in [5, 5.41) is 12.1. The molecule has 0 spiro atoms. The lowest BCUT2D eigenvalue weighted by atomic mass is 9.80. The Hall–Kier alpha value is -1.71. The van der Waals surface area contributed by atoms with Gasteiger partial charge in [-0.1, -0.05) is 12.1 Å². The number of nitrogens with one attached hydrogen (secondary N) is 3. The van der Waals surface area contributed by atoms with Gasteiger partial charge in [0.1, 0.15) is 5.75 Å².